The topological polar surface area (TPSA) is 82.6 Å². The minimum atomic E-state index is -0.189. The average molecular weight is 740 g/mol. The van der Waals surface area contributed by atoms with E-state index in [1.165, 1.54) is 0 Å². The standard InChI is InChI=1S/C50H33N3O4/c54-47-26-16-14-24(18-26)30-20-34-38(22-32(30)47)53-39-23-33-31(25-15-17-27(19-25)48(33)55)21-35(39)41-45-43-42-36(12-7-13-37(42)52(50(45)57)29-10-5-2-6-11-29)51(28-8-3-1-4-9-28)49(56)44(43)40(34)46(41)53/h1-13,20-27H,14-19H2. The van der Waals surface area contributed by atoms with Crippen molar-refractivity contribution in [1.82, 2.24) is 13.5 Å². The maximum Gasteiger partial charge on any atom is 0.264 e. The number of hydrogen-bond acceptors (Lipinski definition) is 4. The number of Topliss-reactive ketones (excluding diaryl/α,β-unsaturated/α-hetero) is 2. The normalized spacial score (nSPS) is 21.5. The summed E-state index contributed by atoms with van der Waals surface area (Å²) in [5, 5.41) is 5.99. The SMILES string of the molecule is O=C1c2cc3c(cc2C2CCC1C2)c1c2c(=O)n(-c4ccccc4)c4cccc5c4c2c(c(=O)n5-c2ccccc2)c2c4cc5c(cc4n3c12)C(=O)C1CCC5C1. The fourth-order valence-corrected chi connectivity index (χ4v) is 12.3. The van der Waals surface area contributed by atoms with E-state index in [1.54, 1.807) is 0 Å². The third-order valence-electron chi connectivity index (χ3n) is 14.7. The van der Waals surface area contributed by atoms with Crippen LogP contribution in [-0.2, 0) is 0 Å². The lowest BCUT2D eigenvalue weighted by molar-refractivity contribution is 0.0906. The van der Waals surface area contributed by atoms with Gasteiger partial charge in [-0.25, -0.2) is 0 Å². The van der Waals surface area contributed by atoms with Gasteiger partial charge in [-0.2, -0.15) is 0 Å². The van der Waals surface area contributed by atoms with Crippen LogP contribution in [0.3, 0.4) is 0 Å². The van der Waals surface area contributed by atoms with Crippen molar-refractivity contribution in [3.63, 3.8) is 0 Å². The van der Waals surface area contributed by atoms with E-state index in [4.69, 9.17) is 0 Å². The van der Waals surface area contributed by atoms with Crippen LogP contribution in [0.4, 0.5) is 0 Å². The number of carbonyl (C=O) groups excluding carboxylic acids is 2. The van der Waals surface area contributed by atoms with Gasteiger partial charge >= 0.3 is 0 Å². The van der Waals surface area contributed by atoms with Crippen LogP contribution in [0.15, 0.2) is 113 Å². The van der Waals surface area contributed by atoms with Gasteiger partial charge in [0, 0.05) is 66.7 Å². The highest BCUT2D eigenvalue weighted by atomic mass is 16.1. The molecule has 4 bridgehead atoms. The molecule has 272 valence electrons. The maximum absolute atomic E-state index is 15.7. The van der Waals surface area contributed by atoms with E-state index in [0.717, 1.165) is 127 Å². The fourth-order valence-electron chi connectivity index (χ4n) is 12.3. The smallest absolute Gasteiger partial charge is 0.264 e. The Morgan fingerprint density at radius 2 is 0.877 bits per heavy atom. The Hall–Kier alpha value is -6.60. The predicted octanol–water partition coefficient (Wildman–Crippen LogP) is 10.2. The molecular weight excluding hydrogens is 707 g/mol. The minimum absolute atomic E-state index is 0.0388. The van der Waals surface area contributed by atoms with Crippen LogP contribution in [0.1, 0.15) is 82.2 Å². The molecule has 7 heteroatoms. The number of pyridine rings is 2. The highest BCUT2D eigenvalue weighted by molar-refractivity contribution is 6.42. The molecule has 2 fully saturated rings. The number of benzene rings is 6. The second-order valence-electron chi connectivity index (χ2n) is 17.2. The summed E-state index contributed by atoms with van der Waals surface area (Å²) in [5.41, 5.74) is 8.74. The fraction of sp³-hybridized carbons (Fsp3) is 0.200. The molecule has 10 aromatic rings. The summed E-state index contributed by atoms with van der Waals surface area (Å²) in [7, 11) is 0. The van der Waals surface area contributed by atoms with Gasteiger partial charge in [0.2, 0.25) is 0 Å². The van der Waals surface area contributed by atoms with Gasteiger partial charge in [-0.05, 0) is 122 Å². The lowest BCUT2D eigenvalue weighted by atomic mass is 9.80. The Labute approximate surface area is 324 Å². The number of carbonyl (C=O) groups is 2. The second-order valence-corrected chi connectivity index (χ2v) is 17.2. The van der Waals surface area contributed by atoms with Crippen molar-refractivity contribution in [1.29, 1.82) is 0 Å². The number of nitrogens with zero attached hydrogens (tertiary/aromatic N) is 3. The first-order valence-electron chi connectivity index (χ1n) is 20.4. The number of rotatable bonds is 2. The summed E-state index contributed by atoms with van der Waals surface area (Å²) in [5.74, 6) is 1.06. The average Bonchev–Trinajstić information content (AvgIpc) is 4.03. The van der Waals surface area contributed by atoms with Gasteiger partial charge in [0.15, 0.2) is 11.6 Å². The quantitative estimate of drug-likeness (QED) is 0.165. The zero-order valence-corrected chi connectivity index (χ0v) is 30.8. The van der Waals surface area contributed by atoms with Crippen molar-refractivity contribution in [3.8, 4) is 11.4 Å². The Balaban J connectivity index is 1.31. The summed E-state index contributed by atoms with van der Waals surface area (Å²) in [4.78, 5) is 59.6. The molecular formula is C50H33N3O4. The highest BCUT2D eigenvalue weighted by Gasteiger charge is 2.42. The molecule has 2 saturated carbocycles. The van der Waals surface area contributed by atoms with Gasteiger partial charge in [-0.1, -0.05) is 42.5 Å². The molecule has 0 aliphatic heterocycles. The number of hydrogen-bond donors (Lipinski definition) is 0. The molecule has 4 heterocycles. The third-order valence-corrected chi connectivity index (χ3v) is 14.7. The van der Waals surface area contributed by atoms with Crippen LogP contribution in [0.5, 0.6) is 0 Å². The molecule has 0 N–H and O–H groups in total. The van der Waals surface area contributed by atoms with E-state index in [-0.39, 0.29) is 34.5 Å². The predicted molar refractivity (Wildman–Crippen MR) is 225 cm³/mol. The molecule has 4 aromatic heterocycles. The highest BCUT2D eigenvalue weighted by Crippen LogP contribution is 2.53. The lowest BCUT2D eigenvalue weighted by Gasteiger charge is -2.23. The van der Waals surface area contributed by atoms with Crippen molar-refractivity contribution in [2.24, 2.45) is 11.8 Å². The first-order valence-corrected chi connectivity index (χ1v) is 20.4. The van der Waals surface area contributed by atoms with E-state index in [9.17, 15) is 9.59 Å². The van der Waals surface area contributed by atoms with Crippen LogP contribution >= 0.6 is 0 Å². The zero-order valence-electron chi connectivity index (χ0n) is 30.8. The molecule has 0 radical (unpaired) electrons. The molecule has 6 aromatic carbocycles. The lowest BCUT2D eigenvalue weighted by Crippen LogP contribution is -2.24. The van der Waals surface area contributed by atoms with Crippen LogP contribution in [-0.4, -0.2) is 25.1 Å². The Bertz CT molecular complexity index is 3400. The zero-order chi connectivity index (χ0) is 37.6. The van der Waals surface area contributed by atoms with Gasteiger partial charge in [0.1, 0.15) is 0 Å². The first-order chi connectivity index (χ1) is 28.0. The minimum Gasteiger partial charge on any atom is -0.308 e. The van der Waals surface area contributed by atoms with Crippen LogP contribution in [0, 0.1) is 11.8 Å². The van der Waals surface area contributed by atoms with E-state index < -0.39 is 0 Å². The molecule has 14 rings (SSSR count). The number of para-hydroxylation sites is 2. The molecule has 57 heavy (non-hydrogen) atoms. The van der Waals surface area contributed by atoms with Crippen molar-refractivity contribution >= 4 is 82.2 Å². The van der Waals surface area contributed by atoms with E-state index in [2.05, 4.69) is 28.7 Å². The third kappa shape index (κ3) is 3.53. The van der Waals surface area contributed by atoms with Gasteiger partial charge in [-0.15, -0.1) is 0 Å². The van der Waals surface area contributed by atoms with Gasteiger partial charge in [0.05, 0.1) is 38.4 Å². The van der Waals surface area contributed by atoms with Gasteiger partial charge in [0.25, 0.3) is 11.1 Å². The summed E-state index contributed by atoms with van der Waals surface area (Å²) in [6.45, 7) is 0. The van der Waals surface area contributed by atoms with Crippen LogP contribution in [0.2, 0.25) is 0 Å². The summed E-state index contributed by atoms with van der Waals surface area (Å²) in [6, 6.07) is 34.0. The second kappa shape index (κ2) is 10.2. The van der Waals surface area contributed by atoms with Crippen molar-refractivity contribution in [2.75, 3.05) is 0 Å². The molecule has 4 unspecified atom stereocenters. The molecule has 0 spiro atoms. The summed E-state index contributed by atoms with van der Waals surface area (Å²) in [6.07, 6.45) is 5.48. The van der Waals surface area contributed by atoms with Crippen molar-refractivity contribution in [3.05, 3.63) is 146 Å². The Morgan fingerprint density at radius 1 is 0.421 bits per heavy atom. The van der Waals surface area contributed by atoms with E-state index >= 15 is 9.59 Å². The molecule has 4 aliphatic carbocycles. The molecule has 0 saturated heterocycles. The van der Waals surface area contributed by atoms with Crippen LogP contribution < -0.4 is 11.1 Å². The van der Waals surface area contributed by atoms with E-state index in [0.29, 0.717) is 28.0 Å². The molecule has 4 atom stereocenters. The Morgan fingerprint density at radius 3 is 1.35 bits per heavy atom. The summed E-state index contributed by atoms with van der Waals surface area (Å²) >= 11 is 0. The van der Waals surface area contributed by atoms with Crippen molar-refractivity contribution < 1.29 is 9.59 Å². The largest absolute Gasteiger partial charge is 0.308 e. The number of aromatic nitrogens is 3. The number of fused-ring (bicyclic) bond motifs is 16. The van der Waals surface area contributed by atoms with E-state index in [1.807, 2.05) is 88.0 Å². The van der Waals surface area contributed by atoms with Gasteiger partial charge < -0.3 is 4.40 Å². The maximum atomic E-state index is 15.7. The van der Waals surface area contributed by atoms with Gasteiger partial charge in [-0.3, -0.25) is 28.3 Å². The summed E-state index contributed by atoms with van der Waals surface area (Å²) < 4.78 is 5.82. The first kappa shape index (κ1) is 30.6. The monoisotopic (exact) mass is 739 g/mol. The Kier molecular flexibility index (Phi) is 5.49. The molecule has 7 nitrogen and oxygen atoms in total. The molecule has 0 amide bonds. The van der Waals surface area contributed by atoms with Crippen LogP contribution in [0.25, 0.3) is 82.0 Å². The van der Waals surface area contributed by atoms with Crippen molar-refractivity contribution in [2.45, 2.75) is 50.4 Å². The number of ketones is 2. The molecule has 4 aliphatic rings.